The fraction of sp³-hybridized carbons (Fsp3) is 0.429. The third-order valence-corrected chi connectivity index (χ3v) is 4.18. The van der Waals surface area contributed by atoms with E-state index in [1.165, 1.54) is 6.07 Å². The number of rotatable bonds is 3. The van der Waals surface area contributed by atoms with Gasteiger partial charge in [-0.15, -0.1) is 0 Å². The van der Waals surface area contributed by atoms with Gasteiger partial charge in [0.15, 0.2) is 0 Å². The Morgan fingerprint density at radius 3 is 2.70 bits per heavy atom. The molecule has 0 spiro atoms. The van der Waals surface area contributed by atoms with Crippen LogP contribution in [0.5, 0.6) is 0 Å². The Morgan fingerprint density at radius 2 is 2.10 bits per heavy atom. The van der Waals surface area contributed by atoms with Gasteiger partial charge in [0, 0.05) is 16.2 Å². The normalized spacial score (nSPS) is 21.5. The third-order valence-electron chi connectivity index (χ3n) is 3.48. The molecule has 0 bridgehead atoms. The van der Waals surface area contributed by atoms with Gasteiger partial charge in [-0.2, -0.15) is 0 Å². The van der Waals surface area contributed by atoms with Crippen LogP contribution in [0.15, 0.2) is 22.7 Å². The molecule has 20 heavy (non-hydrogen) atoms. The molecule has 108 valence electrons. The lowest BCUT2D eigenvalue weighted by atomic mass is 10.1. The molecule has 6 heteroatoms. The topological polar surface area (TPSA) is 78.4 Å². The summed E-state index contributed by atoms with van der Waals surface area (Å²) in [7, 11) is 0. The van der Waals surface area contributed by atoms with Gasteiger partial charge in [-0.25, -0.2) is 9.59 Å². The molecule has 5 nitrogen and oxygen atoms in total. The standard InChI is InChI=1S/C14H17BrN2O3/c1-8-2-3-9(6-8)16-14(20)17-10-4-5-12(15)11(7-10)13(18)19/h4-5,7-9H,2-3,6H2,1H3,(H,18,19)(H2,16,17,20). The minimum Gasteiger partial charge on any atom is -0.478 e. The molecule has 0 radical (unpaired) electrons. The van der Waals surface area contributed by atoms with Crippen LogP contribution in [0.4, 0.5) is 10.5 Å². The van der Waals surface area contributed by atoms with E-state index in [4.69, 9.17) is 5.11 Å². The summed E-state index contributed by atoms with van der Waals surface area (Å²) in [5, 5.41) is 14.6. The van der Waals surface area contributed by atoms with Crippen molar-refractivity contribution in [3.8, 4) is 0 Å². The molecule has 1 aliphatic carbocycles. The highest BCUT2D eigenvalue weighted by Crippen LogP contribution is 2.25. The second kappa shape index (κ2) is 6.26. The molecule has 1 aromatic rings. The van der Waals surface area contributed by atoms with Crippen LogP contribution in [0.2, 0.25) is 0 Å². The van der Waals surface area contributed by atoms with Gasteiger partial charge in [0.05, 0.1) is 5.56 Å². The van der Waals surface area contributed by atoms with Crippen molar-refractivity contribution in [3.63, 3.8) is 0 Å². The maximum Gasteiger partial charge on any atom is 0.336 e. The van der Waals surface area contributed by atoms with Crippen molar-refractivity contribution in [2.45, 2.75) is 32.2 Å². The number of anilines is 1. The van der Waals surface area contributed by atoms with Crippen molar-refractivity contribution in [2.24, 2.45) is 5.92 Å². The summed E-state index contributed by atoms with van der Waals surface area (Å²) >= 11 is 3.17. The van der Waals surface area contributed by atoms with Gasteiger partial charge in [0.1, 0.15) is 0 Å². The molecular weight excluding hydrogens is 324 g/mol. The van der Waals surface area contributed by atoms with Crippen molar-refractivity contribution < 1.29 is 14.7 Å². The Balaban J connectivity index is 1.97. The van der Waals surface area contributed by atoms with Crippen molar-refractivity contribution in [1.29, 1.82) is 0 Å². The molecule has 0 heterocycles. The maximum atomic E-state index is 11.9. The van der Waals surface area contributed by atoms with E-state index < -0.39 is 5.97 Å². The van der Waals surface area contributed by atoms with Crippen molar-refractivity contribution >= 4 is 33.6 Å². The van der Waals surface area contributed by atoms with Gasteiger partial charge < -0.3 is 15.7 Å². The van der Waals surface area contributed by atoms with Crippen LogP contribution in [-0.4, -0.2) is 23.1 Å². The summed E-state index contributed by atoms with van der Waals surface area (Å²) in [6.45, 7) is 2.17. The predicted octanol–water partition coefficient (Wildman–Crippen LogP) is 3.46. The number of carbonyl (C=O) groups excluding carboxylic acids is 1. The number of hydrogen-bond acceptors (Lipinski definition) is 2. The molecule has 1 fully saturated rings. The third kappa shape index (κ3) is 3.72. The smallest absolute Gasteiger partial charge is 0.336 e. The number of carboxylic acid groups (broad SMARTS) is 1. The van der Waals surface area contributed by atoms with E-state index in [0.29, 0.717) is 16.1 Å². The second-order valence-electron chi connectivity index (χ2n) is 5.21. The quantitative estimate of drug-likeness (QED) is 0.788. The number of carboxylic acids is 1. The van der Waals surface area contributed by atoms with E-state index in [1.807, 2.05) is 0 Å². The first kappa shape index (κ1) is 14.8. The molecular formula is C14H17BrN2O3. The number of carbonyl (C=O) groups is 2. The van der Waals surface area contributed by atoms with Crippen LogP contribution in [0.25, 0.3) is 0 Å². The predicted molar refractivity (Wildman–Crippen MR) is 80.1 cm³/mol. The zero-order valence-electron chi connectivity index (χ0n) is 11.1. The highest BCUT2D eigenvalue weighted by Gasteiger charge is 2.22. The van der Waals surface area contributed by atoms with E-state index >= 15 is 0 Å². The second-order valence-corrected chi connectivity index (χ2v) is 6.07. The zero-order valence-corrected chi connectivity index (χ0v) is 12.7. The Kier molecular flexibility index (Phi) is 4.65. The largest absolute Gasteiger partial charge is 0.478 e. The SMILES string of the molecule is CC1CCC(NC(=O)Nc2ccc(Br)c(C(=O)O)c2)C1. The minimum absolute atomic E-state index is 0.122. The maximum absolute atomic E-state index is 11.9. The Hall–Kier alpha value is -1.56. The molecule has 3 N–H and O–H groups in total. The lowest BCUT2D eigenvalue weighted by molar-refractivity contribution is 0.0696. The molecule has 0 saturated heterocycles. The Bertz CT molecular complexity index is 533. The highest BCUT2D eigenvalue weighted by atomic mass is 79.9. The van der Waals surface area contributed by atoms with Crippen LogP contribution >= 0.6 is 15.9 Å². The van der Waals surface area contributed by atoms with Crippen molar-refractivity contribution in [1.82, 2.24) is 5.32 Å². The van der Waals surface area contributed by atoms with E-state index in [9.17, 15) is 9.59 Å². The van der Waals surface area contributed by atoms with E-state index in [-0.39, 0.29) is 17.6 Å². The van der Waals surface area contributed by atoms with Crippen LogP contribution in [0.3, 0.4) is 0 Å². The van der Waals surface area contributed by atoms with Gasteiger partial charge in [-0.05, 0) is 59.3 Å². The van der Waals surface area contributed by atoms with Crippen molar-refractivity contribution in [2.75, 3.05) is 5.32 Å². The first-order chi connectivity index (χ1) is 9.45. The lowest BCUT2D eigenvalue weighted by Gasteiger charge is -2.14. The molecule has 0 aliphatic heterocycles. The number of hydrogen-bond donors (Lipinski definition) is 3. The number of nitrogens with one attached hydrogen (secondary N) is 2. The number of urea groups is 1. The fourth-order valence-electron chi connectivity index (χ4n) is 2.46. The average molecular weight is 341 g/mol. The Labute approximate surface area is 125 Å². The number of amides is 2. The summed E-state index contributed by atoms with van der Waals surface area (Å²) < 4.78 is 0.487. The molecule has 1 saturated carbocycles. The molecule has 2 rings (SSSR count). The first-order valence-electron chi connectivity index (χ1n) is 6.56. The van der Waals surface area contributed by atoms with E-state index in [1.54, 1.807) is 12.1 Å². The molecule has 2 unspecified atom stereocenters. The minimum atomic E-state index is -1.04. The van der Waals surface area contributed by atoms with E-state index in [0.717, 1.165) is 19.3 Å². The number of benzene rings is 1. The average Bonchev–Trinajstić information content (AvgIpc) is 2.76. The molecule has 0 aromatic heterocycles. The first-order valence-corrected chi connectivity index (χ1v) is 7.35. The van der Waals surface area contributed by atoms with Gasteiger partial charge in [-0.1, -0.05) is 6.92 Å². The Morgan fingerprint density at radius 1 is 1.35 bits per heavy atom. The monoisotopic (exact) mass is 340 g/mol. The summed E-state index contributed by atoms with van der Waals surface area (Å²) in [5.41, 5.74) is 0.589. The fourth-order valence-corrected chi connectivity index (χ4v) is 2.87. The number of halogens is 1. The van der Waals surface area contributed by atoms with Crippen molar-refractivity contribution in [3.05, 3.63) is 28.2 Å². The summed E-state index contributed by atoms with van der Waals surface area (Å²) in [6, 6.07) is 4.62. The summed E-state index contributed by atoms with van der Waals surface area (Å²) in [6.07, 6.45) is 3.12. The zero-order chi connectivity index (χ0) is 14.7. The van der Waals surface area contributed by atoms with Crippen LogP contribution in [-0.2, 0) is 0 Å². The van der Waals surface area contributed by atoms with Gasteiger partial charge in [0.25, 0.3) is 0 Å². The lowest BCUT2D eigenvalue weighted by Crippen LogP contribution is -2.36. The number of aromatic carboxylic acids is 1. The molecule has 2 amide bonds. The van der Waals surface area contributed by atoms with Gasteiger partial charge >= 0.3 is 12.0 Å². The van der Waals surface area contributed by atoms with E-state index in [2.05, 4.69) is 33.5 Å². The van der Waals surface area contributed by atoms with Crippen LogP contribution < -0.4 is 10.6 Å². The molecule has 1 aromatic carbocycles. The summed E-state index contributed by atoms with van der Waals surface area (Å²) in [5.74, 6) is -0.392. The molecule has 1 aliphatic rings. The van der Waals surface area contributed by atoms with Gasteiger partial charge in [0.2, 0.25) is 0 Å². The highest BCUT2D eigenvalue weighted by molar-refractivity contribution is 9.10. The molecule has 2 atom stereocenters. The van der Waals surface area contributed by atoms with Gasteiger partial charge in [-0.3, -0.25) is 0 Å². The van der Waals surface area contributed by atoms with Crippen LogP contribution in [0.1, 0.15) is 36.5 Å². The summed E-state index contributed by atoms with van der Waals surface area (Å²) in [4.78, 5) is 22.9. The van der Waals surface area contributed by atoms with Crippen LogP contribution in [0, 0.1) is 5.92 Å².